The molecule has 2 aliphatic rings. The predicted molar refractivity (Wildman–Crippen MR) is 77.9 cm³/mol. The van der Waals surface area contributed by atoms with Crippen LogP contribution in [-0.2, 0) is 9.47 Å². The zero-order valence-corrected chi connectivity index (χ0v) is 13.5. The van der Waals surface area contributed by atoms with Crippen LogP contribution in [0.2, 0.25) is 0 Å². The first-order chi connectivity index (χ1) is 10.0. The molecule has 1 saturated heterocycles. The Bertz CT molecular complexity index is 414. The standard InChI is InChI=1S/C15H26F2N2O3/c1-13(2,3)22-12(20)19-8-9-21-11(10-19)14(18)4-6-15(16,17)7-5-14/h11H,4-10,18H2,1-3H3. The van der Waals surface area contributed by atoms with E-state index in [0.29, 0.717) is 13.2 Å². The van der Waals surface area contributed by atoms with Crippen molar-refractivity contribution >= 4 is 6.09 Å². The van der Waals surface area contributed by atoms with Crippen LogP contribution >= 0.6 is 0 Å². The lowest BCUT2D eigenvalue weighted by molar-refractivity contribution is -0.109. The van der Waals surface area contributed by atoms with Crippen LogP contribution in [0.4, 0.5) is 13.6 Å². The molecule has 1 aliphatic heterocycles. The number of nitrogens with zero attached hydrogens (tertiary/aromatic N) is 1. The molecule has 0 aromatic carbocycles. The largest absolute Gasteiger partial charge is 0.444 e. The van der Waals surface area contributed by atoms with Gasteiger partial charge in [-0.3, -0.25) is 0 Å². The molecule has 0 aromatic rings. The van der Waals surface area contributed by atoms with Crippen LogP contribution in [-0.4, -0.2) is 53.9 Å². The van der Waals surface area contributed by atoms with Gasteiger partial charge < -0.3 is 20.1 Å². The summed E-state index contributed by atoms with van der Waals surface area (Å²) in [6.07, 6.45) is -0.888. The van der Waals surface area contributed by atoms with Gasteiger partial charge in [0.15, 0.2) is 0 Å². The average molecular weight is 320 g/mol. The van der Waals surface area contributed by atoms with Crippen LogP contribution in [0, 0.1) is 0 Å². The molecular weight excluding hydrogens is 294 g/mol. The first-order valence-corrected chi connectivity index (χ1v) is 7.77. The third kappa shape index (κ3) is 4.29. The first-order valence-electron chi connectivity index (χ1n) is 7.77. The van der Waals surface area contributed by atoms with Gasteiger partial charge in [0.2, 0.25) is 5.92 Å². The number of carbonyl (C=O) groups is 1. The van der Waals surface area contributed by atoms with Gasteiger partial charge in [-0.25, -0.2) is 13.6 Å². The highest BCUT2D eigenvalue weighted by molar-refractivity contribution is 5.68. The number of ether oxygens (including phenoxy) is 2. The molecule has 2 fully saturated rings. The summed E-state index contributed by atoms with van der Waals surface area (Å²) in [5.74, 6) is -2.64. The molecule has 7 heteroatoms. The summed E-state index contributed by atoms with van der Waals surface area (Å²) < 4.78 is 37.7. The number of carbonyl (C=O) groups excluding carboxylic acids is 1. The molecule has 2 N–H and O–H groups in total. The van der Waals surface area contributed by atoms with Crippen LogP contribution < -0.4 is 5.73 Å². The Hall–Kier alpha value is -0.950. The summed E-state index contributed by atoms with van der Waals surface area (Å²) in [5.41, 5.74) is 4.93. The van der Waals surface area contributed by atoms with Gasteiger partial charge in [-0.15, -0.1) is 0 Å². The number of halogens is 2. The summed E-state index contributed by atoms with van der Waals surface area (Å²) in [5, 5.41) is 0. The maximum atomic E-state index is 13.3. The molecule has 1 amide bonds. The highest BCUT2D eigenvalue weighted by Crippen LogP contribution is 2.40. The van der Waals surface area contributed by atoms with Gasteiger partial charge in [-0.2, -0.15) is 0 Å². The highest BCUT2D eigenvalue weighted by atomic mass is 19.3. The quantitative estimate of drug-likeness (QED) is 0.806. The van der Waals surface area contributed by atoms with Crippen LogP contribution in [0.15, 0.2) is 0 Å². The van der Waals surface area contributed by atoms with Crippen molar-refractivity contribution in [2.45, 2.75) is 69.6 Å². The van der Waals surface area contributed by atoms with Crippen molar-refractivity contribution in [1.29, 1.82) is 0 Å². The molecule has 0 bridgehead atoms. The second kappa shape index (κ2) is 5.92. The Labute approximate surface area is 130 Å². The van der Waals surface area contributed by atoms with Crippen LogP contribution in [0.25, 0.3) is 0 Å². The molecular formula is C15H26F2N2O3. The lowest BCUT2D eigenvalue weighted by Crippen LogP contribution is -2.62. The molecule has 1 heterocycles. The van der Waals surface area contributed by atoms with Crippen molar-refractivity contribution in [2.24, 2.45) is 5.73 Å². The zero-order chi connectivity index (χ0) is 16.6. The molecule has 0 radical (unpaired) electrons. The minimum absolute atomic E-state index is 0.201. The van der Waals surface area contributed by atoms with Crippen molar-refractivity contribution in [3.8, 4) is 0 Å². The van der Waals surface area contributed by atoms with Crippen molar-refractivity contribution in [3.05, 3.63) is 0 Å². The molecule has 5 nitrogen and oxygen atoms in total. The van der Waals surface area contributed by atoms with E-state index >= 15 is 0 Å². The molecule has 128 valence electrons. The van der Waals surface area contributed by atoms with Gasteiger partial charge in [0.1, 0.15) is 5.60 Å². The van der Waals surface area contributed by atoms with Gasteiger partial charge in [0.05, 0.1) is 19.3 Å². The fraction of sp³-hybridized carbons (Fsp3) is 0.933. The molecule has 1 aliphatic carbocycles. The lowest BCUT2D eigenvalue weighted by atomic mass is 9.76. The van der Waals surface area contributed by atoms with E-state index in [9.17, 15) is 13.6 Å². The van der Waals surface area contributed by atoms with E-state index in [0.717, 1.165) is 0 Å². The first kappa shape index (κ1) is 17.4. The SMILES string of the molecule is CC(C)(C)OC(=O)N1CCOC(C2(N)CCC(F)(F)CC2)C1. The number of alkyl halides is 2. The van der Waals surface area contributed by atoms with Crippen molar-refractivity contribution in [3.63, 3.8) is 0 Å². The second-order valence-corrected chi connectivity index (χ2v) is 7.37. The molecule has 22 heavy (non-hydrogen) atoms. The number of hydrogen-bond acceptors (Lipinski definition) is 4. The monoisotopic (exact) mass is 320 g/mol. The van der Waals surface area contributed by atoms with E-state index < -0.39 is 29.3 Å². The molecule has 1 saturated carbocycles. The van der Waals surface area contributed by atoms with E-state index in [1.165, 1.54) is 0 Å². The summed E-state index contributed by atoms with van der Waals surface area (Å²) in [4.78, 5) is 13.7. The Morgan fingerprint density at radius 2 is 1.86 bits per heavy atom. The molecule has 2 rings (SSSR count). The maximum Gasteiger partial charge on any atom is 0.410 e. The predicted octanol–water partition coefficient (Wildman–Crippen LogP) is 2.53. The third-order valence-electron chi connectivity index (χ3n) is 4.27. The van der Waals surface area contributed by atoms with Gasteiger partial charge in [-0.1, -0.05) is 0 Å². The minimum atomic E-state index is -2.64. The normalized spacial score (nSPS) is 28.3. The maximum absolute atomic E-state index is 13.3. The van der Waals surface area contributed by atoms with Crippen molar-refractivity contribution in [1.82, 2.24) is 4.90 Å². The number of nitrogens with two attached hydrogens (primary N) is 1. The summed E-state index contributed by atoms with van der Waals surface area (Å²) in [6, 6.07) is 0. The van der Waals surface area contributed by atoms with E-state index in [-0.39, 0.29) is 32.2 Å². The summed E-state index contributed by atoms with van der Waals surface area (Å²) in [6.45, 7) is 6.47. The Morgan fingerprint density at radius 1 is 1.27 bits per heavy atom. The summed E-state index contributed by atoms with van der Waals surface area (Å²) in [7, 11) is 0. The summed E-state index contributed by atoms with van der Waals surface area (Å²) >= 11 is 0. The Kier molecular flexibility index (Phi) is 4.69. The van der Waals surface area contributed by atoms with Gasteiger partial charge in [-0.05, 0) is 33.6 Å². The number of hydrogen-bond donors (Lipinski definition) is 1. The van der Waals surface area contributed by atoms with E-state index in [1.807, 2.05) is 0 Å². The van der Waals surface area contributed by atoms with Gasteiger partial charge in [0.25, 0.3) is 0 Å². The minimum Gasteiger partial charge on any atom is -0.444 e. The van der Waals surface area contributed by atoms with Crippen molar-refractivity contribution < 1.29 is 23.0 Å². The molecule has 0 aromatic heterocycles. The number of morpholine rings is 1. The lowest BCUT2D eigenvalue weighted by Gasteiger charge is -2.46. The van der Waals surface area contributed by atoms with Crippen molar-refractivity contribution in [2.75, 3.05) is 19.7 Å². The van der Waals surface area contributed by atoms with E-state index in [4.69, 9.17) is 15.2 Å². The smallest absolute Gasteiger partial charge is 0.410 e. The molecule has 0 spiro atoms. The number of rotatable bonds is 1. The molecule has 1 atom stereocenters. The van der Waals surface area contributed by atoms with Crippen LogP contribution in [0.1, 0.15) is 46.5 Å². The van der Waals surface area contributed by atoms with Crippen LogP contribution in [0.5, 0.6) is 0 Å². The zero-order valence-electron chi connectivity index (χ0n) is 13.5. The fourth-order valence-electron chi connectivity index (χ4n) is 2.89. The topological polar surface area (TPSA) is 64.8 Å². The fourth-order valence-corrected chi connectivity index (χ4v) is 2.89. The van der Waals surface area contributed by atoms with E-state index in [1.54, 1.807) is 25.7 Å². The van der Waals surface area contributed by atoms with E-state index in [2.05, 4.69) is 0 Å². The average Bonchev–Trinajstić information content (AvgIpc) is 2.41. The van der Waals surface area contributed by atoms with Gasteiger partial charge in [0, 0.05) is 24.9 Å². The second-order valence-electron chi connectivity index (χ2n) is 7.37. The van der Waals surface area contributed by atoms with Crippen LogP contribution in [0.3, 0.4) is 0 Å². The number of amides is 1. The van der Waals surface area contributed by atoms with Gasteiger partial charge >= 0.3 is 6.09 Å². The third-order valence-corrected chi connectivity index (χ3v) is 4.27. The highest BCUT2D eigenvalue weighted by Gasteiger charge is 2.47. The Balaban J connectivity index is 1.97. The Morgan fingerprint density at radius 3 is 2.41 bits per heavy atom. The molecule has 1 unspecified atom stereocenters.